The van der Waals surface area contributed by atoms with Crippen LogP contribution in [0.2, 0.25) is 5.02 Å². The van der Waals surface area contributed by atoms with Gasteiger partial charge in [-0.25, -0.2) is 0 Å². The number of carbonyl (C=O) groups is 2. The highest BCUT2D eigenvalue weighted by atomic mass is 35.5. The molecule has 0 bridgehead atoms. The van der Waals surface area contributed by atoms with Crippen molar-refractivity contribution in [1.82, 2.24) is 0 Å². The number of carbonyl (C=O) groups excluding carboxylic acids is 2. The van der Waals surface area contributed by atoms with Crippen LogP contribution in [0.25, 0.3) is 0 Å². The van der Waals surface area contributed by atoms with Gasteiger partial charge in [0, 0.05) is 29.1 Å². The van der Waals surface area contributed by atoms with E-state index in [9.17, 15) is 19.7 Å². The molecule has 0 saturated carbocycles. The maximum Gasteiger partial charge on any atom is 0.270 e. The van der Waals surface area contributed by atoms with Gasteiger partial charge in [0.05, 0.1) is 15.5 Å². The minimum atomic E-state index is -0.568. The highest BCUT2D eigenvalue weighted by molar-refractivity contribution is 6.34. The second-order valence-electron chi connectivity index (χ2n) is 5.78. The van der Waals surface area contributed by atoms with E-state index in [-0.39, 0.29) is 17.2 Å². The Labute approximate surface area is 165 Å². The van der Waals surface area contributed by atoms with E-state index in [0.29, 0.717) is 22.0 Å². The van der Waals surface area contributed by atoms with Crippen molar-refractivity contribution in [2.45, 2.75) is 0 Å². The van der Waals surface area contributed by atoms with Gasteiger partial charge in [0.1, 0.15) is 0 Å². The number of amides is 2. The Balaban J connectivity index is 1.74. The minimum Gasteiger partial charge on any atom is -0.322 e. The fourth-order valence-corrected chi connectivity index (χ4v) is 2.70. The van der Waals surface area contributed by atoms with Crippen molar-refractivity contribution in [1.29, 1.82) is 0 Å². The molecule has 0 aliphatic rings. The van der Waals surface area contributed by atoms with Crippen molar-refractivity contribution in [2.24, 2.45) is 0 Å². The number of benzene rings is 3. The third kappa shape index (κ3) is 4.52. The van der Waals surface area contributed by atoms with Gasteiger partial charge in [-0.3, -0.25) is 19.7 Å². The monoisotopic (exact) mass is 395 g/mol. The SMILES string of the molecule is O=C(Nc1cccc(NC(=O)c2ccccc2Cl)c1)c1cccc([N+](=O)[O-])c1. The molecular weight excluding hydrogens is 382 g/mol. The fourth-order valence-electron chi connectivity index (χ4n) is 2.48. The Morgan fingerprint density at radius 3 is 2.14 bits per heavy atom. The normalized spacial score (nSPS) is 10.2. The molecule has 0 radical (unpaired) electrons. The van der Waals surface area contributed by atoms with E-state index in [2.05, 4.69) is 10.6 Å². The Hall–Kier alpha value is -3.71. The molecule has 3 rings (SSSR count). The summed E-state index contributed by atoms with van der Waals surface area (Å²) in [6.07, 6.45) is 0. The van der Waals surface area contributed by atoms with E-state index in [1.165, 1.54) is 24.3 Å². The van der Waals surface area contributed by atoms with E-state index in [4.69, 9.17) is 11.6 Å². The molecule has 28 heavy (non-hydrogen) atoms. The van der Waals surface area contributed by atoms with Gasteiger partial charge in [0.25, 0.3) is 17.5 Å². The van der Waals surface area contributed by atoms with E-state index in [1.807, 2.05) is 0 Å². The van der Waals surface area contributed by atoms with Crippen molar-refractivity contribution in [3.63, 3.8) is 0 Å². The lowest BCUT2D eigenvalue weighted by Crippen LogP contribution is -2.14. The van der Waals surface area contributed by atoms with Gasteiger partial charge >= 0.3 is 0 Å². The summed E-state index contributed by atoms with van der Waals surface area (Å²) in [7, 11) is 0. The molecule has 3 aromatic rings. The Morgan fingerprint density at radius 1 is 0.821 bits per heavy atom. The Morgan fingerprint density at radius 2 is 1.46 bits per heavy atom. The van der Waals surface area contributed by atoms with Crippen molar-refractivity contribution in [3.8, 4) is 0 Å². The first-order valence-electron chi connectivity index (χ1n) is 8.16. The minimum absolute atomic E-state index is 0.153. The van der Waals surface area contributed by atoms with Crippen molar-refractivity contribution in [3.05, 3.63) is 99.1 Å². The van der Waals surface area contributed by atoms with Crippen molar-refractivity contribution in [2.75, 3.05) is 10.6 Å². The molecule has 7 nitrogen and oxygen atoms in total. The van der Waals surface area contributed by atoms with E-state index in [0.717, 1.165) is 0 Å². The summed E-state index contributed by atoms with van der Waals surface area (Å²) in [6.45, 7) is 0. The summed E-state index contributed by atoms with van der Waals surface area (Å²) in [6, 6.07) is 18.6. The van der Waals surface area contributed by atoms with Gasteiger partial charge in [0.2, 0.25) is 0 Å². The first-order chi connectivity index (χ1) is 13.4. The molecule has 0 atom stereocenters. The van der Waals surface area contributed by atoms with E-state index in [1.54, 1.807) is 48.5 Å². The van der Waals surface area contributed by atoms with Gasteiger partial charge in [-0.05, 0) is 36.4 Å². The lowest BCUT2D eigenvalue weighted by atomic mass is 10.1. The fraction of sp³-hybridized carbons (Fsp3) is 0. The third-order valence-corrected chi connectivity index (χ3v) is 4.15. The summed E-state index contributed by atoms with van der Waals surface area (Å²) < 4.78 is 0. The number of non-ortho nitro benzene ring substituents is 1. The van der Waals surface area contributed by atoms with Crippen LogP contribution >= 0.6 is 11.6 Å². The molecule has 8 heteroatoms. The molecule has 140 valence electrons. The number of nitro groups is 1. The molecule has 0 saturated heterocycles. The van der Waals surface area contributed by atoms with Crippen LogP contribution < -0.4 is 10.6 Å². The summed E-state index contributed by atoms with van der Waals surface area (Å²) in [5.74, 6) is -0.883. The molecule has 2 amide bonds. The predicted molar refractivity (Wildman–Crippen MR) is 107 cm³/mol. The zero-order chi connectivity index (χ0) is 20.1. The molecule has 0 aromatic heterocycles. The van der Waals surface area contributed by atoms with Gasteiger partial charge in [-0.1, -0.05) is 35.9 Å². The summed E-state index contributed by atoms with van der Waals surface area (Å²) in [5, 5.41) is 16.5. The first kappa shape index (κ1) is 19.1. The van der Waals surface area contributed by atoms with Crippen LogP contribution in [-0.2, 0) is 0 Å². The second-order valence-corrected chi connectivity index (χ2v) is 6.18. The van der Waals surface area contributed by atoms with Crippen LogP contribution in [-0.4, -0.2) is 16.7 Å². The van der Waals surface area contributed by atoms with Gasteiger partial charge < -0.3 is 10.6 Å². The number of nitrogens with one attached hydrogen (secondary N) is 2. The maximum atomic E-state index is 12.4. The van der Waals surface area contributed by atoms with Crippen LogP contribution in [0.3, 0.4) is 0 Å². The quantitative estimate of drug-likeness (QED) is 0.480. The summed E-state index contributed by atoms with van der Waals surface area (Å²) in [5.41, 5.74) is 1.19. The number of hydrogen-bond donors (Lipinski definition) is 2. The molecule has 0 fully saturated rings. The molecule has 0 aliphatic carbocycles. The number of nitro benzene ring substituents is 1. The van der Waals surface area contributed by atoms with Gasteiger partial charge in [-0.15, -0.1) is 0 Å². The number of nitrogens with zero attached hydrogens (tertiary/aromatic N) is 1. The second kappa shape index (κ2) is 8.32. The number of anilines is 2. The average molecular weight is 396 g/mol. The maximum absolute atomic E-state index is 12.4. The number of rotatable bonds is 5. The van der Waals surface area contributed by atoms with Crippen LogP contribution in [0.15, 0.2) is 72.8 Å². The lowest BCUT2D eigenvalue weighted by Gasteiger charge is -2.10. The van der Waals surface area contributed by atoms with Crippen molar-refractivity contribution >= 4 is 40.5 Å². The van der Waals surface area contributed by atoms with Crippen LogP contribution in [0.1, 0.15) is 20.7 Å². The molecule has 0 spiro atoms. The number of halogens is 1. The number of hydrogen-bond acceptors (Lipinski definition) is 4. The highest BCUT2D eigenvalue weighted by Gasteiger charge is 2.13. The van der Waals surface area contributed by atoms with Crippen molar-refractivity contribution < 1.29 is 14.5 Å². The van der Waals surface area contributed by atoms with Gasteiger partial charge in [-0.2, -0.15) is 0 Å². The Kier molecular flexibility index (Phi) is 5.67. The van der Waals surface area contributed by atoms with E-state index < -0.39 is 10.8 Å². The predicted octanol–water partition coefficient (Wildman–Crippen LogP) is 4.75. The molecular formula is C20H14ClN3O4. The molecule has 0 unspecified atom stereocenters. The summed E-state index contributed by atoms with van der Waals surface area (Å²) in [4.78, 5) is 35.0. The zero-order valence-corrected chi connectivity index (χ0v) is 15.1. The Bertz CT molecular complexity index is 1070. The highest BCUT2D eigenvalue weighted by Crippen LogP contribution is 2.20. The van der Waals surface area contributed by atoms with Crippen LogP contribution in [0.5, 0.6) is 0 Å². The average Bonchev–Trinajstić information content (AvgIpc) is 2.68. The third-order valence-electron chi connectivity index (χ3n) is 3.82. The van der Waals surface area contributed by atoms with Gasteiger partial charge in [0.15, 0.2) is 0 Å². The zero-order valence-electron chi connectivity index (χ0n) is 14.4. The van der Waals surface area contributed by atoms with E-state index >= 15 is 0 Å². The largest absolute Gasteiger partial charge is 0.322 e. The molecule has 0 aliphatic heterocycles. The molecule has 3 aromatic carbocycles. The lowest BCUT2D eigenvalue weighted by molar-refractivity contribution is -0.384. The first-order valence-corrected chi connectivity index (χ1v) is 8.53. The van der Waals surface area contributed by atoms with Crippen LogP contribution in [0, 0.1) is 10.1 Å². The molecule has 0 heterocycles. The summed E-state index contributed by atoms with van der Waals surface area (Å²) >= 11 is 6.02. The topological polar surface area (TPSA) is 101 Å². The molecule has 2 N–H and O–H groups in total. The standard InChI is InChI=1S/C20H14ClN3O4/c21-18-10-2-1-9-17(18)20(26)23-15-7-4-6-14(12-15)22-19(25)13-5-3-8-16(11-13)24(27)28/h1-12H,(H,22,25)(H,23,26). The van der Waals surface area contributed by atoms with Crippen LogP contribution in [0.4, 0.5) is 17.1 Å². The smallest absolute Gasteiger partial charge is 0.270 e.